The summed E-state index contributed by atoms with van der Waals surface area (Å²) < 4.78 is 6.10. The highest BCUT2D eigenvalue weighted by atomic mass is 16.5. The van der Waals surface area contributed by atoms with Crippen molar-refractivity contribution in [1.29, 1.82) is 0 Å². The van der Waals surface area contributed by atoms with Crippen molar-refractivity contribution >= 4 is 5.91 Å². The van der Waals surface area contributed by atoms with Gasteiger partial charge in [-0.25, -0.2) is 0 Å². The molecule has 0 aliphatic heterocycles. The van der Waals surface area contributed by atoms with E-state index in [1.54, 1.807) is 0 Å². The van der Waals surface area contributed by atoms with Gasteiger partial charge in [-0.1, -0.05) is 19.8 Å². The fraction of sp³-hybridized carbons (Fsp3) is 0.938. The lowest BCUT2D eigenvalue weighted by atomic mass is 9.79. The molecule has 4 nitrogen and oxygen atoms in total. The lowest BCUT2D eigenvalue weighted by Gasteiger charge is -2.39. The van der Waals surface area contributed by atoms with E-state index in [4.69, 9.17) is 10.5 Å². The van der Waals surface area contributed by atoms with Gasteiger partial charge in [0.1, 0.15) is 5.54 Å². The van der Waals surface area contributed by atoms with Gasteiger partial charge >= 0.3 is 0 Å². The van der Waals surface area contributed by atoms with E-state index in [0.29, 0.717) is 0 Å². The molecule has 0 saturated heterocycles. The highest BCUT2D eigenvalue weighted by Crippen LogP contribution is 2.32. The molecule has 2 rings (SSSR count). The molecule has 2 atom stereocenters. The molecule has 0 aromatic carbocycles. The molecule has 4 heteroatoms. The van der Waals surface area contributed by atoms with Crippen LogP contribution in [0.25, 0.3) is 0 Å². The topological polar surface area (TPSA) is 64.3 Å². The van der Waals surface area contributed by atoms with Crippen LogP contribution < -0.4 is 11.1 Å². The van der Waals surface area contributed by atoms with Crippen LogP contribution >= 0.6 is 0 Å². The largest absolute Gasteiger partial charge is 0.378 e. The lowest BCUT2D eigenvalue weighted by Crippen LogP contribution is -2.59. The Morgan fingerprint density at radius 3 is 2.70 bits per heavy atom. The van der Waals surface area contributed by atoms with Gasteiger partial charge in [0.25, 0.3) is 0 Å². The molecule has 2 saturated carbocycles. The van der Waals surface area contributed by atoms with Crippen molar-refractivity contribution in [2.75, 3.05) is 13.2 Å². The van der Waals surface area contributed by atoms with E-state index in [9.17, 15) is 4.79 Å². The molecule has 0 aromatic heterocycles. The van der Waals surface area contributed by atoms with Crippen molar-refractivity contribution in [2.24, 2.45) is 11.7 Å². The summed E-state index contributed by atoms with van der Waals surface area (Å²) in [5, 5.41) is 3.39. The van der Waals surface area contributed by atoms with Gasteiger partial charge in [-0.3, -0.25) is 4.79 Å². The third-order valence-electron chi connectivity index (χ3n) is 4.93. The quantitative estimate of drug-likeness (QED) is 0.753. The van der Waals surface area contributed by atoms with Crippen LogP contribution in [0.4, 0.5) is 0 Å². The first-order valence-electron chi connectivity index (χ1n) is 8.33. The van der Waals surface area contributed by atoms with Crippen LogP contribution in [0.15, 0.2) is 0 Å². The average molecular weight is 282 g/mol. The maximum Gasteiger partial charge on any atom is 0.237 e. The number of nitrogens with one attached hydrogen (secondary N) is 1. The van der Waals surface area contributed by atoms with Crippen LogP contribution in [-0.2, 0) is 9.53 Å². The normalized spacial score (nSPS) is 31.6. The Morgan fingerprint density at radius 1 is 1.30 bits per heavy atom. The first kappa shape index (κ1) is 15.8. The maximum absolute atomic E-state index is 11.9. The van der Waals surface area contributed by atoms with Gasteiger partial charge in [-0.05, 0) is 51.0 Å². The molecule has 116 valence electrons. The van der Waals surface area contributed by atoms with E-state index in [-0.39, 0.29) is 12.0 Å². The van der Waals surface area contributed by atoms with Crippen molar-refractivity contribution in [2.45, 2.75) is 76.4 Å². The Kier molecular flexibility index (Phi) is 5.85. The van der Waals surface area contributed by atoms with Crippen molar-refractivity contribution in [3.05, 3.63) is 0 Å². The number of carbonyl (C=O) groups excluding carboxylic acids is 1. The summed E-state index contributed by atoms with van der Waals surface area (Å²) in [6, 6.07) is 0. The van der Waals surface area contributed by atoms with E-state index in [2.05, 4.69) is 12.2 Å². The van der Waals surface area contributed by atoms with E-state index in [1.165, 1.54) is 25.7 Å². The highest BCUT2D eigenvalue weighted by Gasteiger charge is 2.41. The van der Waals surface area contributed by atoms with Crippen molar-refractivity contribution < 1.29 is 9.53 Å². The fourth-order valence-electron chi connectivity index (χ4n) is 3.65. The van der Waals surface area contributed by atoms with Crippen LogP contribution in [0.3, 0.4) is 0 Å². The third kappa shape index (κ3) is 3.95. The molecular formula is C16H30N2O2. The molecule has 0 bridgehead atoms. The van der Waals surface area contributed by atoms with Crippen molar-refractivity contribution in [1.82, 2.24) is 5.32 Å². The first-order valence-corrected chi connectivity index (χ1v) is 8.33. The summed E-state index contributed by atoms with van der Waals surface area (Å²) >= 11 is 0. The predicted octanol–water partition coefficient (Wildman–Crippen LogP) is 2.36. The summed E-state index contributed by atoms with van der Waals surface area (Å²) in [4.78, 5) is 11.9. The second kappa shape index (κ2) is 7.41. The molecule has 1 amide bonds. The van der Waals surface area contributed by atoms with E-state index in [1.807, 2.05) is 0 Å². The number of ether oxygens (including phenoxy) is 1. The fourth-order valence-corrected chi connectivity index (χ4v) is 3.65. The Morgan fingerprint density at radius 2 is 2.05 bits per heavy atom. The minimum Gasteiger partial charge on any atom is -0.378 e. The van der Waals surface area contributed by atoms with E-state index < -0.39 is 5.54 Å². The van der Waals surface area contributed by atoms with Crippen LogP contribution in [0.1, 0.15) is 64.7 Å². The molecule has 2 aliphatic rings. The highest BCUT2D eigenvalue weighted by molar-refractivity contribution is 5.84. The van der Waals surface area contributed by atoms with Gasteiger partial charge in [0.05, 0.1) is 6.10 Å². The Labute approximate surface area is 122 Å². The SMILES string of the molecule is CCCNC1(C(N)=O)CCCC(OCC2CCCC2)C1. The summed E-state index contributed by atoms with van der Waals surface area (Å²) in [5.41, 5.74) is 5.13. The smallest absolute Gasteiger partial charge is 0.237 e. The minimum absolute atomic E-state index is 0.196. The van der Waals surface area contributed by atoms with Crippen LogP contribution in [0, 0.1) is 5.92 Å². The van der Waals surface area contributed by atoms with Crippen molar-refractivity contribution in [3.8, 4) is 0 Å². The first-order chi connectivity index (χ1) is 9.66. The summed E-state index contributed by atoms with van der Waals surface area (Å²) in [6.45, 7) is 3.82. The molecular weight excluding hydrogens is 252 g/mol. The van der Waals surface area contributed by atoms with Crippen LogP contribution in [0.5, 0.6) is 0 Å². The molecule has 0 spiro atoms. The number of nitrogens with two attached hydrogens (primary N) is 1. The van der Waals surface area contributed by atoms with Gasteiger partial charge in [-0.15, -0.1) is 0 Å². The monoisotopic (exact) mass is 282 g/mol. The van der Waals surface area contributed by atoms with Crippen molar-refractivity contribution in [3.63, 3.8) is 0 Å². The van der Waals surface area contributed by atoms with Gasteiger partial charge in [0.2, 0.25) is 5.91 Å². The molecule has 0 heterocycles. The second-order valence-corrected chi connectivity index (χ2v) is 6.58. The Bertz CT molecular complexity index is 316. The van der Waals surface area contributed by atoms with Gasteiger partial charge in [-0.2, -0.15) is 0 Å². The molecule has 2 unspecified atom stereocenters. The van der Waals surface area contributed by atoms with Crippen LogP contribution in [0.2, 0.25) is 0 Å². The van der Waals surface area contributed by atoms with E-state index in [0.717, 1.165) is 51.2 Å². The number of primary amides is 1. The second-order valence-electron chi connectivity index (χ2n) is 6.58. The number of amides is 1. The minimum atomic E-state index is -0.533. The molecule has 0 radical (unpaired) electrons. The molecule has 0 aromatic rings. The predicted molar refractivity (Wildman–Crippen MR) is 80.4 cm³/mol. The van der Waals surface area contributed by atoms with Gasteiger partial charge in [0.15, 0.2) is 0 Å². The third-order valence-corrected chi connectivity index (χ3v) is 4.93. The lowest BCUT2D eigenvalue weighted by molar-refractivity contribution is -0.128. The zero-order valence-electron chi connectivity index (χ0n) is 12.8. The van der Waals surface area contributed by atoms with Crippen LogP contribution in [-0.4, -0.2) is 30.7 Å². The number of carbonyl (C=O) groups is 1. The average Bonchev–Trinajstić information content (AvgIpc) is 2.96. The van der Waals surface area contributed by atoms with Gasteiger partial charge < -0.3 is 15.8 Å². The number of hydrogen-bond acceptors (Lipinski definition) is 3. The Hall–Kier alpha value is -0.610. The number of rotatable bonds is 7. The summed E-state index contributed by atoms with van der Waals surface area (Å²) in [6.07, 6.45) is 10.2. The molecule has 20 heavy (non-hydrogen) atoms. The molecule has 3 N–H and O–H groups in total. The zero-order valence-corrected chi connectivity index (χ0v) is 12.8. The zero-order chi connectivity index (χ0) is 14.4. The van der Waals surface area contributed by atoms with E-state index >= 15 is 0 Å². The summed E-state index contributed by atoms with van der Waals surface area (Å²) in [5.74, 6) is 0.531. The Balaban J connectivity index is 1.85. The maximum atomic E-state index is 11.9. The molecule has 2 fully saturated rings. The molecule has 2 aliphatic carbocycles. The standard InChI is InChI=1S/C16H30N2O2/c1-2-10-18-16(15(17)19)9-5-8-14(11-16)20-12-13-6-3-4-7-13/h13-14,18H,2-12H2,1H3,(H2,17,19). The summed E-state index contributed by atoms with van der Waals surface area (Å²) in [7, 11) is 0. The number of hydrogen-bond donors (Lipinski definition) is 2. The van der Waals surface area contributed by atoms with Gasteiger partial charge in [0, 0.05) is 13.0 Å².